The van der Waals surface area contributed by atoms with Gasteiger partial charge < -0.3 is 13.1 Å². The van der Waals surface area contributed by atoms with Crippen LogP contribution in [-0.4, -0.2) is 0 Å². The summed E-state index contributed by atoms with van der Waals surface area (Å²) in [5.41, 5.74) is 0. The van der Waals surface area contributed by atoms with Crippen LogP contribution in [0.4, 0.5) is 0 Å². The second kappa shape index (κ2) is 641. The van der Waals surface area contributed by atoms with Gasteiger partial charge in [-0.1, -0.05) is 0 Å². The molecule has 0 aliphatic carbocycles. The molecule has 0 fully saturated rings. The van der Waals surface area contributed by atoms with Crippen LogP contribution in [0.3, 0.4) is 0 Å². The molecule has 0 unspecified atom stereocenters. The van der Waals surface area contributed by atoms with Crippen LogP contribution in [0.1, 0.15) is 6.92 Å². The molecule has 0 aliphatic heterocycles. The Morgan fingerprint density at radius 3 is 1.40 bits per heavy atom. The summed E-state index contributed by atoms with van der Waals surface area (Å²) in [7, 11) is 0. The Hall–Kier alpha value is 0.266. The Balaban J connectivity index is -0.0000000133. The molecule has 0 saturated heterocycles. The van der Waals surface area contributed by atoms with Crippen molar-refractivity contribution in [1.29, 1.82) is 0 Å². The van der Waals surface area contributed by atoms with E-state index in [9.17, 15) is 0 Å². The van der Waals surface area contributed by atoms with Crippen molar-refractivity contribution in [2.24, 2.45) is 0 Å². The van der Waals surface area contributed by atoms with Crippen molar-refractivity contribution in [2.75, 3.05) is 0 Å². The van der Waals surface area contributed by atoms with E-state index < -0.39 is 0 Å². The van der Waals surface area contributed by atoms with Gasteiger partial charge in [0.1, 0.15) is 0 Å². The fraction of sp³-hybridized carbons (Fsp3) is 0.500. The number of hydrogen-bond donors (Lipinski definition) is 0. The second-order valence-electron chi connectivity index (χ2n) is 0. The third-order valence-electron chi connectivity index (χ3n) is 0. The molecule has 0 radical (unpaired) electrons. The molecule has 0 atom stereocenters. The zero-order valence-electron chi connectivity index (χ0n) is 3.03. The van der Waals surface area contributed by atoms with E-state index in [0.717, 1.165) is 0 Å². The van der Waals surface area contributed by atoms with E-state index >= 15 is 0 Å². The minimum atomic E-state index is 0. The van der Waals surface area contributed by atoms with Gasteiger partial charge in [0.2, 0.25) is 0 Å². The molecule has 37 valence electrons. The van der Waals surface area contributed by atoms with Gasteiger partial charge >= 0.3 is 19.5 Å². The van der Waals surface area contributed by atoms with Gasteiger partial charge in [0.25, 0.3) is 0 Å². The van der Waals surface area contributed by atoms with E-state index in [-0.39, 0.29) is 6.15 Å². The molecule has 0 heterocycles. The van der Waals surface area contributed by atoms with Crippen LogP contribution < -0.4 is 0 Å². The van der Waals surface area contributed by atoms with E-state index in [1.165, 1.54) is 0 Å². The summed E-state index contributed by atoms with van der Waals surface area (Å²) in [5, 5.41) is 0. The second-order valence-corrected chi connectivity index (χ2v) is 0. The molecule has 0 aromatic heterocycles. The average molecular weight is 120 g/mol. The standard InChI is InChI=1S/C2H5.Co.H2N.O/c1-2;;;/h1H2,2H3;;1H2;/q-1;;-1;. The molecule has 3 heteroatoms. The maximum atomic E-state index is 7.94. The van der Waals surface area contributed by atoms with E-state index in [1.54, 1.807) is 6.92 Å². The molecule has 0 aliphatic rings. The van der Waals surface area contributed by atoms with E-state index in [0.29, 0.717) is 0 Å². The van der Waals surface area contributed by atoms with Crippen LogP contribution >= 0.6 is 0 Å². The van der Waals surface area contributed by atoms with Crippen LogP contribution in [0.25, 0.3) is 6.15 Å². The Morgan fingerprint density at radius 1 is 1.40 bits per heavy atom. The van der Waals surface area contributed by atoms with Crippen LogP contribution in [0, 0.1) is 6.92 Å². The average Bonchev–Trinajstić information content (AvgIpc) is 1.50. The number of hydrogen-bond acceptors (Lipinski definition) is 1. The molecule has 0 aromatic rings. The normalized spacial score (nSPS) is 2.20. The van der Waals surface area contributed by atoms with Crippen LogP contribution in [0.15, 0.2) is 0 Å². The first-order valence-electron chi connectivity index (χ1n) is 0.843. The summed E-state index contributed by atoms with van der Waals surface area (Å²) in [5.74, 6) is 0. The Morgan fingerprint density at radius 2 is 1.40 bits per heavy atom. The molecular formula is C2H7CoNO-2. The monoisotopic (exact) mass is 120 g/mol. The van der Waals surface area contributed by atoms with Gasteiger partial charge in [-0.3, -0.25) is 0 Å². The van der Waals surface area contributed by atoms with Gasteiger partial charge in [-0.2, -0.15) is 6.92 Å². The molecule has 0 amide bonds. The van der Waals surface area contributed by atoms with Gasteiger partial charge in [0.05, 0.1) is 0 Å². The fourth-order valence-corrected chi connectivity index (χ4v) is 0. The molecular weight excluding hydrogens is 113 g/mol. The Labute approximate surface area is 40.3 Å². The summed E-state index contributed by atoms with van der Waals surface area (Å²) in [6.45, 7) is 5.00. The molecule has 2 N–H and O–H groups in total. The quantitative estimate of drug-likeness (QED) is 0.446. The summed E-state index contributed by atoms with van der Waals surface area (Å²) < 4.78 is 7.94. The SMILES string of the molecule is [CH2-]C.[NH2-].[O]=[Co]. The Bertz CT molecular complexity index is 9.61. The van der Waals surface area contributed by atoms with Crippen molar-refractivity contribution in [2.45, 2.75) is 6.92 Å². The number of nitrogens with two attached hydrogens (primary N) is 1. The summed E-state index contributed by atoms with van der Waals surface area (Å²) in [6, 6.07) is 0. The van der Waals surface area contributed by atoms with Crippen molar-refractivity contribution in [3.8, 4) is 0 Å². The van der Waals surface area contributed by atoms with Gasteiger partial charge in [-0.05, 0) is 0 Å². The minimum absolute atomic E-state index is 0. The molecule has 0 rings (SSSR count). The van der Waals surface area contributed by atoms with E-state index in [2.05, 4.69) is 22.6 Å². The van der Waals surface area contributed by atoms with Crippen molar-refractivity contribution < 1.29 is 19.5 Å². The third-order valence-corrected chi connectivity index (χ3v) is 0. The molecule has 0 bridgehead atoms. The first-order valence-corrected chi connectivity index (χ1v) is 1.27. The van der Waals surface area contributed by atoms with Gasteiger partial charge in [0, 0.05) is 0 Å². The molecule has 0 spiro atoms. The van der Waals surface area contributed by atoms with Gasteiger partial charge in [-0.25, -0.2) is 0 Å². The van der Waals surface area contributed by atoms with Gasteiger partial charge in [-0.15, -0.1) is 0 Å². The molecule has 5 heavy (non-hydrogen) atoms. The fourth-order valence-electron chi connectivity index (χ4n) is 0. The number of rotatable bonds is 0. The first kappa shape index (κ1) is 18.7. The van der Waals surface area contributed by atoms with Crippen LogP contribution in [-0.2, 0) is 19.5 Å². The molecule has 0 saturated carbocycles. The maximum absolute atomic E-state index is 7.94. The first-order chi connectivity index (χ1) is 2.00. The van der Waals surface area contributed by atoms with Crippen molar-refractivity contribution in [3.63, 3.8) is 0 Å². The van der Waals surface area contributed by atoms with Crippen LogP contribution in [0.2, 0.25) is 0 Å². The zero-order valence-corrected chi connectivity index (χ0v) is 4.07. The predicted octanol–water partition coefficient (Wildman–Crippen LogP) is 1.44. The summed E-state index contributed by atoms with van der Waals surface area (Å²) in [4.78, 5) is 0. The third kappa shape index (κ3) is 309. The predicted molar refractivity (Wildman–Crippen MR) is 17.0 cm³/mol. The zero-order chi connectivity index (χ0) is 4.00. The Kier molecular flexibility index (Phi) is 2390. The van der Waals surface area contributed by atoms with Crippen LogP contribution in [0.5, 0.6) is 0 Å². The summed E-state index contributed by atoms with van der Waals surface area (Å²) >= 11 is 2.31. The van der Waals surface area contributed by atoms with Crippen molar-refractivity contribution in [3.05, 3.63) is 13.1 Å². The van der Waals surface area contributed by atoms with Gasteiger partial charge in [0.15, 0.2) is 0 Å². The van der Waals surface area contributed by atoms with E-state index in [4.69, 9.17) is 3.87 Å². The topological polar surface area (TPSA) is 50.6 Å². The van der Waals surface area contributed by atoms with Crippen molar-refractivity contribution >= 4 is 0 Å². The summed E-state index contributed by atoms with van der Waals surface area (Å²) in [6.07, 6.45) is 0. The van der Waals surface area contributed by atoms with E-state index in [1.807, 2.05) is 0 Å². The molecule has 0 aromatic carbocycles. The van der Waals surface area contributed by atoms with Crippen molar-refractivity contribution in [1.82, 2.24) is 0 Å². The molecule has 2 nitrogen and oxygen atoms in total.